The van der Waals surface area contributed by atoms with E-state index in [-0.39, 0.29) is 23.7 Å². The molecule has 7 heteroatoms. The number of hydrogen-bond donors (Lipinski definition) is 1. The van der Waals surface area contributed by atoms with E-state index in [9.17, 15) is 9.59 Å². The van der Waals surface area contributed by atoms with Crippen LogP contribution in [0.25, 0.3) is 0 Å². The summed E-state index contributed by atoms with van der Waals surface area (Å²) >= 11 is 0. The molecule has 3 rings (SSSR count). The van der Waals surface area contributed by atoms with E-state index in [0.29, 0.717) is 30.2 Å². The number of carbonyl (C=O) groups is 2. The van der Waals surface area contributed by atoms with Crippen molar-refractivity contribution in [2.24, 2.45) is 5.92 Å². The van der Waals surface area contributed by atoms with Gasteiger partial charge in [-0.2, -0.15) is 0 Å². The predicted octanol–water partition coefficient (Wildman–Crippen LogP) is 2.70. The molecule has 1 fully saturated rings. The zero-order valence-electron chi connectivity index (χ0n) is 17.4. The maximum Gasteiger partial charge on any atom is 0.254 e. The van der Waals surface area contributed by atoms with Gasteiger partial charge in [0.25, 0.3) is 5.91 Å². The number of benzene rings is 1. The van der Waals surface area contributed by atoms with Crippen molar-refractivity contribution in [3.05, 3.63) is 53.1 Å². The van der Waals surface area contributed by atoms with Crippen molar-refractivity contribution >= 4 is 11.8 Å². The van der Waals surface area contributed by atoms with Crippen LogP contribution in [-0.4, -0.2) is 46.9 Å². The summed E-state index contributed by atoms with van der Waals surface area (Å²) in [4.78, 5) is 35.6. The number of methoxy groups -OCH3 is 1. The molecule has 1 N–H and O–H groups in total. The molecule has 0 saturated carbocycles. The van der Waals surface area contributed by atoms with Gasteiger partial charge in [-0.15, -0.1) is 0 Å². The molecule has 2 heterocycles. The Morgan fingerprint density at radius 2 is 2.14 bits per heavy atom. The molecule has 29 heavy (non-hydrogen) atoms. The number of rotatable bonds is 6. The number of aromatic nitrogens is 2. The van der Waals surface area contributed by atoms with E-state index in [0.717, 1.165) is 24.3 Å². The van der Waals surface area contributed by atoms with Gasteiger partial charge < -0.3 is 15.0 Å². The van der Waals surface area contributed by atoms with Gasteiger partial charge in [0.2, 0.25) is 5.91 Å². The van der Waals surface area contributed by atoms with E-state index in [1.54, 1.807) is 13.3 Å². The van der Waals surface area contributed by atoms with E-state index in [1.807, 2.05) is 49.9 Å². The lowest BCUT2D eigenvalue weighted by Gasteiger charge is -2.18. The quantitative estimate of drug-likeness (QED) is 0.812. The fourth-order valence-corrected chi connectivity index (χ4v) is 3.50. The van der Waals surface area contributed by atoms with Gasteiger partial charge in [0, 0.05) is 37.7 Å². The van der Waals surface area contributed by atoms with E-state index in [1.165, 1.54) is 0 Å². The highest BCUT2D eigenvalue weighted by Crippen LogP contribution is 2.26. The Balaban J connectivity index is 1.63. The van der Waals surface area contributed by atoms with Crippen LogP contribution in [0.1, 0.15) is 53.6 Å². The van der Waals surface area contributed by atoms with Crippen molar-refractivity contribution in [2.45, 2.75) is 39.7 Å². The zero-order chi connectivity index (χ0) is 21.0. The number of ether oxygens (including phenoxy) is 1. The molecule has 2 aromatic rings. The SMILES string of the molecule is COc1cccc(CNC(=O)c2cnc([C@@H]3CCN(C(=O)C(C)C)C3)nc2C)c1. The van der Waals surface area contributed by atoms with Crippen LogP contribution >= 0.6 is 0 Å². The van der Waals surface area contributed by atoms with Crippen molar-refractivity contribution in [3.63, 3.8) is 0 Å². The summed E-state index contributed by atoms with van der Waals surface area (Å²) in [5, 5.41) is 2.90. The maximum atomic E-state index is 12.6. The second-order valence-electron chi connectivity index (χ2n) is 7.69. The molecule has 7 nitrogen and oxygen atoms in total. The number of likely N-dealkylation sites (tertiary alicyclic amines) is 1. The smallest absolute Gasteiger partial charge is 0.254 e. The van der Waals surface area contributed by atoms with Crippen LogP contribution in [-0.2, 0) is 11.3 Å². The Kier molecular flexibility index (Phi) is 6.46. The molecule has 0 spiro atoms. The molecule has 1 aromatic carbocycles. The van der Waals surface area contributed by atoms with Gasteiger partial charge >= 0.3 is 0 Å². The van der Waals surface area contributed by atoms with E-state index in [4.69, 9.17) is 4.74 Å². The van der Waals surface area contributed by atoms with Crippen molar-refractivity contribution in [1.29, 1.82) is 0 Å². The molecule has 1 aliphatic heterocycles. The fraction of sp³-hybridized carbons (Fsp3) is 0.455. The molecule has 154 valence electrons. The van der Waals surface area contributed by atoms with Crippen LogP contribution in [0.4, 0.5) is 0 Å². The van der Waals surface area contributed by atoms with Crippen LogP contribution in [0, 0.1) is 12.8 Å². The average molecular weight is 396 g/mol. The molecule has 1 aliphatic rings. The molecule has 1 saturated heterocycles. The summed E-state index contributed by atoms with van der Waals surface area (Å²) in [7, 11) is 1.61. The summed E-state index contributed by atoms with van der Waals surface area (Å²) in [6, 6.07) is 7.57. The largest absolute Gasteiger partial charge is 0.497 e. The van der Waals surface area contributed by atoms with Gasteiger partial charge in [-0.25, -0.2) is 9.97 Å². The number of carbonyl (C=O) groups excluding carboxylic acids is 2. The van der Waals surface area contributed by atoms with Crippen molar-refractivity contribution in [1.82, 2.24) is 20.2 Å². The zero-order valence-corrected chi connectivity index (χ0v) is 17.4. The van der Waals surface area contributed by atoms with Crippen LogP contribution < -0.4 is 10.1 Å². The standard InChI is InChI=1S/C22H28N4O3/c1-14(2)22(28)26-9-8-17(13-26)20-23-12-19(15(3)25-20)21(27)24-11-16-6-5-7-18(10-16)29-4/h5-7,10,12,14,17H,8-9,11,13H2,1-4H3,(H,24,27)/t17-/m1/s1. The van der Waals surface area contributed by atoms with Crippen LogP contribution in [0.5, 0.6) is 5.75 Å². The maximum absolute atomic E-state index is 12.6. The number of nitrogens with one attached hydrogen (secondary N) is 1. The summed E-state index contributed by atoms with van der Waals surface area (Å²) < 4.78 is 5.21. The van der Waals surface area contributed by atoms with Gasteiger partial charge in [0.1, 0.15) is 11.6 Å². The number of amides is 2. The Morgan fingerprint density at radius 1 is 1.34 bits per heavy atom. The minimum atomic E-state index is -0.208. The normalized spacial score (nSPS) is 16.2. The Labute approximate surface area is 171 Å². The first-order valence-electron chi connectivity index (χ1n) is 9.92. The molecular weight excluding hydrogens is 368 g/mol. The molecule has 0 radical (unpaired) electrons. The lowest BCUT2D eigenvalue weighted by atomic mass is 10.1. The third-order valence-electron chi connectivity index (χ3n) is 5.19. The summed E-state index contributed by atoms with van der Waals surface area (Å²) in [5.41, 5.74) is 2.06. The topological polar surface area (TPSA) is 84.4 Å². The first-order valence-corrected chi connectivity index (χ1v) is 9.92. The second kappa shape index (κ2) is 9.03. The van der Waals surface area contributed by atoms with Crippen LogP contribution in [0.2, 0.25) is 0 Å². The molecule has 1 aromatic heterocycles. The van der Waals surface area contributed by atoms with Gasteiger partial charge in [-0.05, 0) is 31.0 Å². The molecule has 0 unspecified atom stereocenters. The highest BCUT2D eigenvalue weighted by atomic mass is 16.5. The van der Waals surface area contributed by atoms with Gasteiger partial charge in [-0.3, -0.25) is 9.59 Å². The van der Waals surface area contributed by atoms with Crippen molar-refractivity contribution < 1.29 is 14.3 Å². The van der Waals surface area contributed by atoms with Gasteiger partial charge in [0.05, 0.1) is 18.4 Å². The number of nitrogens with zero attached hydrogens (tertiary/aromatic N) is 3. The summed E-state index contributed by atoms with van der Waals surface area (Å²) in [6.07, 6.45) is 2.44. The predicted molar refractivity (Wildman–Crippen MR) is 110 cm³/mol. The minimum absolute atomic E-state index is 0.00735. The van der Waals surface area contributed by atoms with E-state index in [2.05, 4.69) is 15.3 Å². The molecule has 0 aliphatic carbocycles. The van der Waals surface area contributed by atoms with Crippen molar-refractivity contribution in [2.75, 3.05) is 20.2 Å². The molecule has 0 bridgehead atoms. The average Bonchev–Trinajstić information content (AvgIpc) is 3.21. The summed E-state index contributed by atoms with van der Waals surface area (Å²) in [5.74, 6) is 1.52. The molecule has 2 amide bonds. The minimum Gasteiger partial charge on any atom is -0.497 e. The lowest BCUT2D eigenvalue weighted by molar-refractivity contribution is -0.133. The fourth-order valence-electron chi connectivity index (χ4n) is 3.50. The number of aryl methyl sites for hydroxylation is 1. The second-order valence-corrected chi connectivity index (χ2v) is 7.69. The van der Waals surface area contributed by atoms with Crippen LogP contribution in [0.3, 0.4) is 0 Å². The first kappa shape index (κ1) is 20.8. The van der Waals surface area contributed by atoms with Gasteiger partial charge in [-0.1, -0.05) is 26.0 Å². The van der Waals surface area contributed by atoms with Gasteiger partial charge in [0.15, 0.2) is 0 Å². The van der Waals surface area contributed by atoms with Crippen LogP contribution in [0.15, 0.2) is 30.5 Å². The Bertz CT molecular complexity index is 897. The van der Waals surface area contributed by atoms with E-state index >= 15 is 0 Å². The van der Waals surface area contributed by atoms with Crippen molar-refractivity contribution in [3.8, 4) is 5.75 Å². The highest BCUT2D eigenvalue weighted by Gasteiger charge is 2.30. The number of hydrogen-bond acceptors (Lipinski definition) is 5. The first-order chi connectivity index (χ1) is 13.9. The monoisotopic (exact) mass is 396 g/mol. The molecular formula is C22H28N4O3. The Hall–Kier alpha value is -2.96. The summed E-state index contributed by atoms with van der Waals surface area (Å²) in [6.45, 7) is 7.40. The van der Waals surface area contributed by atoms with E-state index < -0.39 is 0 Å². The molecule has 1 atom stereocenters. The third kappa shape index (κ3) is 4.91. The lowest BCUT2D eigenvalue weighted by Crippen LogP contribution is -2.32. The highest BCUT2D eigenvalue weighted by molar-refractivity contribution is 5.94. The Morgan fingerprint density at radius 3 is 2.83 bits per heavy atom. The third-order valence-corrected chi connectivity index (χ3v) is 5.19.